The maximum absolute atomic E-state index is 5.67. The first-order chi connectivity index (χ1) is 11.2. The number of nitrogens with zero attached hydrogens (tertiary/aromatic N) is 2. The van der Waals surface area contributed by atoms with E-state index in [0.29, 0.717) is 17.8 Å². The minimum atomic E-state index is 0.348. The van der Waals surface area contributed by atoms with Crippen LogP contribution in [0.15, 0.2) is 52.9 Å². The number of methoxy groups -OCH3 is 1. The van der Waals surface area contributed by atoms with E-state index in [-0.39, 0.29) is 0 Å². The molecule has 0 spiro atoms. The van der Waals surface area contributed by atoms with Gasteiger partial charge in [-0.15, -0.1) is 5.10 Å². The van der Waals surface area contributed by atoms with Gasteiger partial charge in [-0.2, -0.15) is 0 Å². The van der Waals surface area contributed by atoms with Crippen LogP contribution in [0.4, 0.5) is 11.7 Å². The molecule has 0 radical (unpaired) electrons. The Morgan fingerprint density at radius 3 is 2.52 bits per heavy atom. The fourth-order valence-corrected chi connectivity index (χ4v) is 2.23. The lowest BCUT2D eigenvalue weighted by Gasteiger charge is -2.05. The van der Waals surface area contributed by atoms with Crippen molar-refractivity contribution in [3.8, 4) is 17.2 Å². The Labute approximate surface area is 135 Å². The highest BCUT2D eigenvalue weighted by Crippen LogP contribution is 2.25. The van der Waals surface area contributed by atoms with E-state index in [4.69, 9.17) is 9.15 Å². The second-order valence-corrected chi connectivity index (χ2v) is 5.55. The van der Waals surface area contributed by atoms with Gasteiger partial charge in [0, 0.05) is 17.3 Å². The Bertz CT molecular complexity index is 779. The molecule has 0 unspecified atom stereocenters. The van der Waals surface area contributed by atoms with Gasteiger partial charge in [0.1, 0.15) is 5.75 Å². The molecule has 5 heteroatoms. The molecule has 1 N–H and O–H groups in total. The van der Waals surface area contributed by atoms with Crippen LogP contribution in [0.25, 0.3) is 11.5 Å². The molecule has 3 rings (SSSR count). The molecule has 0 aliphatic rings. The first-order valence-electron chi connectivity index (χ1n) is 7.50. The van der Waals surface area contributed by atoms with Gasteiger partial charge in [-0.3, -0.25) is 0 Å². The number of anilines is 2. The minimum absolute atomic E-state index is 0.348. The fraction of sp³-hybridized carbons (Fsp3) is 0.222. The second kappa shape index (κ2) is 6.52. The molecule has 1 aromatic heterocycles. The normalized spacial score (nSPS) is 10.8. The molecule has 23 heavy (non-hydrogen) atoms. The molecular weight excluding hydrogens is 290 g/mol. The van der Waals surface area contributed by atoms with Gasteiger partial charge < -0.3 is 14.5 Å². The summed E-state index contributed by atoms with van der Waals surface area (Å²) in [6.07, 6.45) is 0. The minimum Gasteiger partial charge on any atom is -0.497 e. The predicted molar refractivity (Wildman–Crippen MR) is 90.1 cm³/mol. The standard InChI is InChI=1S/C18H19N3O2/c1-12(2)13-7-9-14(10-8-13)17-20-21-18(23-17)19-15-5-4-6-16(11-15)22-3/h4-12H,1-3H3,(H,19,21). The van der Waals surface area contributed by atoms with Crippen LogP contribution in [0, 0.1) is 0 Å². The van der Waals surface area contributed by atoms with E-state index in [9.17, 15) is 0 Å². The lowest BCUT2D eigenvalue weighted by Crippen LogP contribution is -1.91. The van der Waals surface area contributed by atoms with Gasteiger partial charge in [-0.25, -0.2) is 0 Å². The number of rotatable bonds is 5. The highest BCUT2D eigenvalue weighted by molar-refractivity contribution is 5.58. The summed E-state index contributed by atoms with van der Waals surface area (Å²) in [6, 6.07) is 16.0. The molecule has 5 nitrogen and oxygen atoms in total. The van der Waals surface area contributed by atoms with Crippen molar-refractivity contribution in [2.24, 2.45) is 0 Å². The Balaban J connectivity index is 1.77. The van der Waals surface area contributed by atoms with Crippen molar-refractivity contribution in [1.29, 1.82) is 0 Å². The number of aromatic nitrogens is 2. The Morgan fingerprint density at radius 2 is 1.83 bits per heavy atom. The monoisotopic (exact) mass is 309 g/mol. The van der Waals surface area contributed by atoms with Crippen LogP contribution in [0.5, 0.6) is 5.75 Å². The van der Waals surface area contributed by atoms with Gasteiger partial charge in [-0.05, 0) is 35.7 Å². The van der Waals surface area contributed by atoms with Crippen LogP contribution in [0.1, 0.15) is 25.3 Å². The molecule has 2 aromatic carbocycles. The van der Waals surface area contributed by atoms with E-state index in [0.717, 1.165) is 17.0 Å². The van der Waals surface area contributed by atoms with Crippen LogP contribution in [-0.2, 0) is 0 Å². The lowest BCUT2D eigenvalue weighted by molar-refractivity contribution is 0.415. The topological polar surface area (TPSA) is 60.2 Å². The summed E-state index contributed by atoms with van der Waals surface area (Å²) >= 11 is 0. The average Bonchev–Trinajstić information content (AvgIpc) is 3.03. The number of benzene rings is 2. The van der Waals surface area contributed by atoms with E-state index in [1.165, 1.54) is 5.56 Å². The van der Waals surface area contributed by atoms with Crippen LogP contribution in [0.2, 0.25) is 0 Å². The molecule has 0 aliphatic carbocycles. The van der Waals surface area contributed by atoms with Crippen molar-refractivity contribution in [2.75, 3.05) is 12.4 Å². The number of nitrogens with one attached hydrogen (secondary N) is 1. The van der Waals surface area contributed by atoms with Crippen molar-refractivity contribution in [3.05, 3.63) is 54.1 Å². The zero-order valence-electron chi connectivity index (χ0n) is 13.4. The largest absolute Gasteiger partial charge is 0.497 e. The zero-order chi connectivity index (χ0) is 16.2. The van der Waals surface area contributed by atoms with Crippen LogP contribution in [-0.4, -0.2) is 17.3 Å². The van der Waals surface area contributed by atoms with E-state index < -0.39 is 0 Å². The molecule has 0 saturated carbocycles. The molecule has 118 valence electrons. The van der Waals surface area contributed by atoms with E-state index >= 15 is 0 Å². The summed E-state index contributed by atoms with van der Waals surface area (Å²) in [5.74, 6) is 1.75. The zero-order valence-corrected chi connectivity index (χ0v) is 13.4. The maximum Gasteiger partial charge on any atom is 0.320 e. The van der Waals surface area contributed by atoms with Gasteiger partial charge >= 0.3 is 6.01 Å². The number of hydrogen-bond acceptors (Lipinski definition) is 5. The summed E-state index contributed by atoms with van der Waals surface area (Å²) in [6.45, 7) is 4.33. The lowest BCUT2D eigenvalue weighted by atomic mass is 10.0. The first kappa shape index (κ1) is 15.1. The van der Waals surface area contributed by atoms with Crippen LogP contribution >= 0.6 is 0 Å². The van der Waals surface area contributed by atoms with Crippen LogP contribution in [0.3, 0.4) is 0 Å². The van der Waals surface area contributed by atoms with Crippen molar-refractivity contribution in [1.82, 2.24) is 10.2 Å². The summed E-state index contributed by atoms with van der Waals surface area (Å²) in [4.78, 5) is 0. The molecule has 0 fully saturated rings. The van der Waals surface area contributed by atoms with Gasteiger partial charge in [0.25, 0.3) is 0 Å². The van der Waals surface area contributed by atoms with Crippen molar-refractivity contribution < 1.29 is 9.15 Å². The molecule has 0 atom stereocenters. The smallest absolute Gasteiger partial charge is 0.320 e. The summed E-state index contributed by atoms with van der Waals surface area (Å²) in [5.41, 5.74) is 3.01. The van der Waals surface area contributed by atoms with Crippen molar-refractivity contribution >= 4 is 11.7 Å². The second-order valence-electron chi connectivity index (χ2n) is 5.55. The van der Waals surface area contributed by atoms with Crippen LogP contribution < -0.4 is 10.1 Å². The molecule has 0 saturated heterocycles. The third-order valence-corrected chi connectivity index (χ3v) is 3.57. The quantitative estimate of drug-likeness (QED) is 0.745. The summed E-state index contributed by atoms with van der Waals surface area (Å²) in [5, 5.41) is 11.2. The van der Waals surface area contributed by atoms with Gasteiger partial charge in [0.15, 0.2) is 0 Å². The van der Waals surface area contributed by atoms with Crippen molar-refractivity contribution in [3.63, 3.8) is 0 Å². The number of ether oxygens (including phenoxy) is 1. The third-order valence-electron chi connectivity index (χ3n) is 3.57. The SMILES string of the molecule is COc1cccc(Nc2nnc(-c3ccc(C(C)C)cc3)o2)c1. The maximum atomic E-state index is 5.67. The molecule has 3 aromatic rings. The highest BCUT2D eigenvalue weighted by atomic mass is 16.5. The third kappa shape index (κ3) is 3.51. The Hall–Kier alpha value is -2.82. The summed E-state index contributed by atoms with van der Waals surface area (Å²) < 4.78 is 10.9. The highest BCUT2D eigenvalue weighted by Gasteiger charge is 2.09. The van der Waals surface area contributed by atoms with Gasteiger partial charge in [0.2, 0.25) is 5.89 Å². The first-order valence-corrected chi connectivity index (χ1v) is 7.50. The van der Waals surface area contributed by atoms with E-state index in [1.807, 2.05) is 36.4 Å². The molecule has 1 heterocycles. The average molecular weight is 309 g/mol. The Morgan fingerprint density at radius 1 is 1.04 bits per heavy atom. The van der Waals surface area contributed by atoms with Gasteiger partial charge in [-0.1, -0.05) is 37.1 Å². The van der Waals surface area contributed by atoms with Crippen molar-refractivity contribution in [2.45, 2.75) is 19.8 Å². The van der Waals surface area contributed by atoms with E-state index in [2.05, 4.69) is 41.5 Å². The molecule has 0 bridgehead atoms. The Kier molecular flexibility index (Phi) is 4.28. The predicted octanol–water partition coefficient (Wildman–Crippen LogP) is 4.61. The molecule has 0 aliphatic heterocycles. The summed E-state index contributed by atoms with van der Waals surface area (Å²) in [7, 11) is 1.63. The molecule has 0 amide bonds. The molecular formula is C18H19N3O2. The fourth-order valence-electron chi connectivity index (χ4n) is 2.23. The van der Waals surface area contributed by atoms with Gasteiger partial charge in [0.05, 0.1) is 7.11 Å². The van der Waals surface area contributed by atoms with E-state index in [1.54, 1.807) is 7.11 Å². The number of hydrogen-bond donors (Lipinski definition) is 1.